The number of urea groups is 1. The summed E-state index contributed by atoms with van der Waals surface area (Å²) < 4.78 is 16.1. The SMILES string of the molecule is COc1ccc(CNC(=O)N2CCSC(c3ccc4c(c3)OCO4)CC2)cc1. The standard InChI is InChI=1S/C21H24N2O4S/c1-25-17-5-2-15(3-6-17)13-22-21(24)23-9-8-20(28-11-10-23)16-4-7-18-19(12-16)27-14-26-18/h2-7,12,20H,8-11,13-14H2,1H3,(H,22,24). The van der Waals surface area contributed by atoms with E-state index in [9.17, 15) is 4.79 Å². The van der Waals surface area contributed by atoms with Gasteiger partial charge in [-0.3, -0.25) is 0 Å². The second-order valence-electron chi connectivity index (χ2n) is 6.75. The van der Waals surface area contributed by atoms with E-state index >= 15 is 0 Å². The molecular formula is C21H24N2O4S. The highest BCUT2D eigenvalue weighted by Crippen LogP contribution is 2.40. The summed E-state index contributed by atoms with van der Waals surface area (Å²) in [6.45, 7) is 2.29. The third kappa shape index (κ3) is 4.30. The van der Waals surface area contributed by atoms with Crippen LogP contribution in [0.3, 0.4) is 0 Å². The molecule has 1 fully saturated rings. The summed E-state index contributed by atoms with van der Waals surface area (Å²) in [5.74, 6) is 3.35. The summed E-state index contributed by atoms with van der Waals surface area (Å²) in [5, 5.41) is 3.38. The van der Waals surface area contributed by atoms with E-state index in [0.29, 0.717) is 18.6 Å². The van der Waals surface area contributed by atoms with Gasteiger partial charge in [0.1, 0.15) is 5.75 Å². The van der Waals surface area contributed by atoms with Gasteiger partial charge in [0.2, 0.25) is 6.79 Å². The summed E-state index contributed by atoms with van der Waals surface area (Å²) in [5.41, 5.74) is 2.28. The lowest BCUT2D eigenvalue weighted by atomic mass is 10.1. The molecule has 7 heteroatoms. The Bertz CT molecular complexity index is 828. The van der Waals surface area contributed by atoms with E-state index in [2.05, 4.69) is 17.4 Å². The minimum Gasteiger partial charge on any atom is -0.497 e. The zero-order valence-corrected chi connectivity index (χ0v) is 16.7. The molecule has 2 amide bonds. The van der Waals surface area contributed by atoms with Gasteiger partial charge in [0, 0.05) is 30.6 Å². The van der Waals surface area contributed by atoms with Crippen LogP contribution in [-0.2, 0) is 6.54 Å². The fourth-order valence-electron chi connectivity index (χ4n) is 3.39. The second kappa shape index (κ2) is 8.65. The molecule has 1 unspecified atom stereocenters. The van der Waals surface area contributed by atoms with Gasteiger partial charge in [0.15, 0.2) is 11.5 Å². The molecule has 2 aliphatic rings. The molecule has 2 aliphatic heterocycles. The first-order chi connectivity index (χ1) is 13.7. The Morgan fingerprint density at radius 3 is 2.82 bits per heavy atom. The molecule has 0 aromatic heterocycles. The van der Waals surface area contributed by atoms with Gasteiger partial charge in [-0.1, -0.05) is 18.2 Å². The fraction of sp³-hybridized carbons (Fsp3) is 0.381. The Balaban J connectivity index is 1.31. The van der Waals surface area contributed by atoms with Crippen molar-refractivity contribution in [1.29, 1.82) is 0 Å². The number of benzene rings is 2. The molecule has 2 aromatic rings. The minimum atomic E-state index is -0.0113. The first-order valence-corrected chi connectivity index (χ1v) is 10.4. The topological polar surface area (TPSA) is 60.0 Å². The lowest BCUT2D eigenvalue weighted by Crippen LogP contribution is -2.40. The number of hydrogen-bond acceptors (Lipinski definition) is 5. The molecule has 4 rings (SSSR count). The van der Waals surface area contributed by atoms with Crippen LogP contribution in [0.15, 0.2) is 42.5 Å². The maximum absolute atomic E-state index is 12.6. The lowest BCUT2D eigenvalue weighted by molar-refractivity contribution is 0.174. The number of nitrogens with zero attached hydrogens (tertiary/aromatic N) is 1. The van der Waals surface area contributed by atoms with E-state index in [4.69, 9.17) is 14.2 Å². The Morgan fingerprint density at radius 2 is 2.00 bits per heavy atom. The molecule has 1 atom stereocenters. The van der Waals surface area contributed by atoms with Crippen molar-refractivity contribution in [3.8, 4) is 17.2 Å². The summed E-state index contributed by atoms with van der Waals surface area (Å²) in [7, 11) is 1.64. The number of methoxy groups -OCH3 is 1. The Kier molecular flexibility index (Phi) is 5.81. The van der Waals surface area contributed by atoms with Gasteiger partial charge in [-0.25, -0.2) is 4.79 Å². The van der Waals surface area contributed by atoms with E-state index < -0.39 is 0 Å². The Hall–Kier alpha value is -2.54. The molecule has 0 spiro atoms. The molecule has 6 nitrogen and oxygen atoms in total. The zero-order valence-electron chi connectivity index (χ0n) is 15.8. The summed E-state index contributed by atoms with van der Waals surface area (Å²) >= 11 is 1.89. The third-order valence-corrected chi connectivity index (χ3v) is 6.33. The smallest absolute Gasteiger partial charge is 0.317 e. The molecule has 148 valence electrons. The Labute approximate surface area is 169 Å². The van der Waals surface area contributed by atoms with Crippen LogP contribution in [0.4, 0.5) is 4.79 Å². The van der Waals surface area contributed by atoms with Crippen LogP contribution in [0.1, 0.15) is 22.8 Å². The number of amides is 2. The highest BCUT2D eigenvalue weighted by molar-refractivity contribution is 7.99. The van der Waals surface area contributed by atoms with E-state index in [-0.39, 0.29) is 6.03 Å². The number of nitrogens with one attached hydrogen (secondary N) is 1. The van der Waals surface area contributed by atoms with Crippen molar-refractivity contribution in [2.75, 3.05) is 32.7 Å². The highest BCUT2D eigenvalue weighted by Gasteiger charge is 2.23. The van der Waals surface area contributed by atoms with Gasteiger partial charge in [-0.2, -0.15) is 11.8 Å². The molecule has 28 heavy (non-hydrogen) atoms. The molecule has 1 N–H and O–H groups in total. The maximum atomic E-state index is 12.6. The van der Waals surface area contributed by atoms with Crippen LogP contribution in [0.25, 0.3) is 0 Å². The maximum Gasteiger partial charge on any atom is 0.317 e. The predicted octanol–water partition coefficient (Wildman–Crippen LogP) is 3.81. The van der Waals surface area contributed by atoms with Crippen LogP contribution in [-0.4, -0.2) is 43.7 Å². The molecule has 0 radical (unpaired) electrons. The van der Waals surface area contributed by atoms with Crippen LogP contribution in [0.2, 0.25) is 0 Å². The molecule has 0 aliphatic carbocycles. The minimum absolute atomic E-state index is 0.0113. The average Bonchev–Trinajstić information content (AvgIpc) is 3.07. The van der Waals surface area contributed by atoms with Crippen molar-refractivity contribution in [3.05, 3.63) is 53.6 Å². The van der Waals surface area contributed by atoms with Crippen molar-refractivity contribution < 1.29 is 19.0 Å². The molecule has 1 saturated heterocycles. The molecule has 2 heterocycles. The van der Waals surface area contributed by atoms with Crippen LogP contribution in [0, 0.1) is 0 Å². The van der Waals surface area contributed by atoms with Gasteiger partial charge in [-0.15, -0.1) is 0 Å². The van der Waals surface area contributed by atoms with Crippen molar-refractivity contribution in [3.63, 3.8) is 0 Å². The number of thioether (sulfide) groups is 1. The molecule has 2 aromatic carbocycles. The number of carbonyl (C=O) groups is 1. The zero-order chi connectivity index (χ0) is 19.3. The van der Waals surface area contributed by atoms with Gasteiger partial charge >= 0.3 is 6.03 Å². The highest BCUT2D eigenvalue weighted by atomic mass is 32.2. The monoisotopic (exact) mass is 400 g/mol. The largest absolute Gasteiger partial charge is 0.497 e. The quantitative estimate of drug-likeness (QED) is 0.846. The number of rotatable bonds is 4. The van der Waals surface area contributed by atoms with Crippen molar-refractivity contribution in [2.45, 2.75) is 18.2 Å². The van der Waals surface area contributed by atoms with E-state index in [0.717, 1.165) is 48.1 Å². The normalized spacial score (nSPS) is 18.5. The Morgan fingerprint density at radius 1 is 1.18 bits per heavy atom. The van der Waals surface area contributed by atoms with Crippen molar-refractivity contribution >= 4 is 17.8 Å². The average molecular weight is 401 g/mol. The lowest BCUT2D eigenvalue weighted by Gasteiger charge is -2.21. The first kappa shape index (κ1) is 18.8. The summed E-state index contributed by atoms with van der Waals surface area (Å²) in [4.78, 5) is 14.5. The summed E-state index contributed by atoms with van der Waals surface area (Å²) in [6.07, 6.45) is 0.917. The molecule has 0 saturated carbocycles. The molecular weight excluding hydrogens is 376 g/mol. The first-order valence-electron chi connectivity index (χ1n) is 9.40. The van der Waals surface area contributed by atoms with Crippen LogP contribution < -0.4 is 19.5 Å². The van der Waals surface area contributed by atoms with Crippen molar-refractivity contribution in [2.24, 2.45) is 0 Å². The van der Waals surface area contributed by atoms with E-state index in [1.165, 1.54) is 5.56 Å². The van der Waals surface area contributed by atoms with E-state index in [1.807, 2.05) is 47.0 Å². The summed E-state index contributed by atoms with van der Waals surface area (Å²) in [6, 6.07) is 13.9. The van der Waals surface area contributed by atoms with Gasteiger partial charge in [0.25, 0.3) is 0 Å². The van der Waals surface area contributed by atoms with Crippen molar-refractivity contribution in [1.82, 2.24) is 10.2 Å². The number of carbonyl (C=O) groups excluding carboxylic acids is 1. The fourth-order valence-corrected chi connectivity index (χ4v) is 4.61. The van der Waals surface area contributed by atoms with Gasteiger partial charge in [-0.05, 0) is 41.8 Å². The number of ether oxygens (including phenoxy) is 3. The number of hydrogen-bond donors (Lipinski definition) is 1. The van der Waals surface area contributed by atoms with Gasteiger partial charge in [0.05, 0.1) is 7.11 Å². The molecule has 0 bridgehead atoms. The van der Waals surface area contributed by atoms with Gasteiger partial charge < -0.3 is 24.4 Å². The van der Waals surface area contributed by atoms with Crippen LogP contribution in [0.5, 0.6) is 17.2 Å². The third-order valence-electron chi connectivity index (χ3n) is 5.00. The number of fused-ring (bicyclic) bond motifs is 1. The van der Waals surface area contributed by atoms with Crippen LogP contribution >= 0.6 is 11.8 Å². The predicted molar refractivity (Wildman–Crippen MR) is 109 cm³/mol. The van der Waals surface area contributed by atoms with E-state index in [1.54, 1.807) is 7.11 Å². The second-order valence-corrected chi connectivity index (χ2v) is 8.07.